The molecule has 0 saturated heterocycles. The molecule has 14 heavy (non-hydrogen) atoms. The molecule has 1 fully saturated rings. The summed E-state index contributed by atoms with van der Waals surface area (Å²) in [6.45, 7) is 0.162. The number of carbonyl (C=O) groups is 2. The Labute approximate surface area is 82.6 Å². The number of hydrogen-bond donors (Lipinski definition) is 1. The SMILES string of the molecule is COCCC(=O)N(CC(=O)O)C1CC1. The molecule has 0 aromatic heterocycles. The Bertz CT molecular complexity index is 225. The Balaban J connectivity index is 2.40. The van der Waals surface area contributed by atoms with Gasteiger partial charge in [0.25, 0.3) is 0 Å². The minimum Gasteiger partial charge on any atom is -0.480 e. The molecule has 1 aliphatic rings. The van der Waals surface area contributed by atoms with Crippen molar-refractivity contribution in [3.8, 4) is 0 Å². The second-order valence-corrected chi connectivity index (χ2v) is 3.39. The standard InChI is InChI=1S/C9H15NO4/c1-14-5-4-8(11)10(6-9(12)13)7-2-3-7/h7H,2-6H2,1H3,(H,12,13). The summed E-state index contributed by atoms with van der Waals surface area (Å²) in [6.07, 6.45) is 2.11. The molecule has 0 atom stereocenters. The predicted octanol–water partition coefficient (Wildman–Crippen LogP) is 0.0985. The highest BCUT2D eigenvalue weighted by Gasteiger charge is 2.33. The Hall–Kier alpha value is -1.10. The van der Waals surface area contributed by atoms with E-state index < -0.39 is 5.97 Å². The van der Waals surface area contributed by atoms with Crippen LogP contribution in [0.2, 0.25) is 0 Å². The molecule has 5 nitrogen and oxygen atoms in total. The van der Waals surface area contributed by atoms with Crippen LogP contribution in [0.3, 0.4) is 0 Å². The van der Waals surface area contributed by atoms with Gasteiger partial charge in [-0.15, -0.1) is 0 Å². The lowest BCUT2D eigenvalue weighted by molar-refractivity contribution is -0.145. The Morgan fingerprint density at radius 2 is 2.14 bits per heavy atom. The van der Waals surface area contributed by atoms with E-state index in [9.17, 15) is 9.59 Å². The molecule has 0 unspecified atom stereocenters. The minimum atomic E-state index is -0.956. The predicted molar refractivity (Wildman–Crippen MR) is 48.9 cm³/mol. The fraction of sp³-hybridized carbons (Fsp3) is 0.778. The van der Waals surface area contributed by atoms with E-state index in [0.717, 1.165) is 12.8 Å². The van der Waals surface area contributed by atoms with Crippen LogP contribution >= 0.6 is 0 Å². The summed E-state index contributed by atoms with van der Waals surface area (Å²) >= 11 is 0. The van der Waals surface area contributed by atoms with Gasteiger partial charge >= 0.3 is 5.97 Å². The molecule has 0 heterocycles. The summed E-state index contributed by atoms with van der Waals surface area (Å²) in [5.41, 5.74) is 0. The zero-order chi connectivity index (χ0) is 10.6. The van der Waals surface area contributed by atoms with Crippen molar-refractivity contribution in [1.29, 1.82) is 0 Å². The second-order valence-electron chi connectivity index (χ2n) is 3.39. The van der Waals surface area contributed by atoms with Gasteiger partial charge < -0.3 is 14.7 Å². The van der Waals surface area contributed by atoms with Crippen LogP contribution in [-0.2, 0) is 14.3 Å². The topological polar surface area (TPSA) is 66.8 Å². The molecule has 1 rings (SSSR count). The number of rotatable bonds is 6. The molecule has 0 bridgehead atoms. The van der Waals surface area contributed by atoms with Crippen molar-refractivity contribution >= 4 is 11.9 Å². The molecule has 0 aliphatic heterocycles. The van der Waals surface area contributed by atoms with Gasteiger partial charge in [-0.25, -0.2) is 0 Å². The molecule has 0 aromatic carbocycles. The molecule has 1 aliphatic carbocycles. The third-order valence-electron chi connectivity index (χ3n) is 2.13. The smallest absolute Gasteiger partial charge is 0.323 e. The number of aliphatic carboxylic acids is 1. The van der Waals surface area contributed by atoms with E-state index >= 15 is 0 Å². The average molecular weight is 201 g/mol. The van der Waals surface area contributed by atoms with Crippen LogP contribution in [0, 0.1) is 0 Å². The first-order valence-corrected chi connectivity index (χ1v) is 4.65. The van der Waals surface area contributed by atoms with Crippen LogP contribution in [0.4, 0.5) is 0 Å². The fourth-order valence-electron chi connectivity index (χ4n) is 1.29. The maximum atomic E-state index is 11.5. The van der Waals surface area contributed by atoms with Gasteiger partial charge in [-0.3, -0.25) is 9.59 Å². The molecule has 1 saturated carbocycles. The van der Waals surface area contributed by atoms with Gasteiger partial charge in [-0.2, -0.15) is 0 Å². The first-order chi connectivity index (χ1) is 6.65. The summed E-state index contributed by atoms with van der Waals surface area (Å²) in [5.74, 6) is -1.08. The fourth-order valence-corrected chi connectivity index (χ4v) is 1.29. The quantitative estimate of drug-likeness (QED) is 0.661. The molecule has 0 aromatic rings. The van der Waals surface area contributed by atoms with Crippen molar-refractivity contribution in [2.24, 2.45) is 0 Å². The van der Waals surface area contributed by atoms with Crippen molar-refractivity contribution in [2.75, 3.05) is 20.3 Å². The van der Waals surface area contributed by atoms with Gasteiger partial charge in [0, 0.05) is 13.2 Å². The Kier molecular flexibility index (Phi) is 3.88. The molecule has 0 radical (unpaired) electrons. The van der Waals surface area contributed by atoms with Crippen molar-refractivity contribution in [3.05, 3.63) is 0 Å². The molecule has 0 spiro atoms. The summed E-state index contributed by atoms with van der Waals surface area (Å²) in [7, 11) is 1.52. The van der Waals surface area contributed by atoms with Crippen LogP contribution < -0.4 is 0 Å². The van der Waals surface area contributed by atoms with Crippen molar-refractivity contribution in [1.82, 2.24) is 4.90 Å². The maximum Gasteiger partial charge on any atom is 0.323 e. The second kappa shape index (κ2) is 4.95. The van der Waals surface area contributed by atoms with E-state index in [1.54, 1.807) is 0 Å². The molecule has 1 N–H and O–H groups in total. The lowest BCUT2D eigenvalue weighted by Crippen LogP contribution is -2.37. The first-order valence-electron chi connectivity index (χ1n) is 4.65. The highest BCUT2D eigenvalue weighted by atomic mass is 16.5. The van der Waals surface area contributed by atoms with Gasteiger partial charge in [0.1, 0.15) is 6.54 Å². The van der Waals surface area contributed by atoms with E-state index in [4.69, 9.17) is 9.84 Å². The van der Waals surface area contributed by atoms with Gasteiger partial charge in [-0.05, 0) is 12.8 Å². The van der Waals surface area contributed by atoms with Crippen molar-refractivity contribution < 1.29 is 19.4 Å². The van der Waals surface area contributed by atoms with E-state index in [-0.39, 0.29) is 24.9 Å². The monoisotopic (exact) mass is 201 g/mol. The van der Waals surface area contributed by atoms with Gasteiger partial charge in [0.2, 0.25) is 5.91 Å². The summed E-state index contributed by atoms with van der Waals surface area (Å²) in [4.78, 5) is 23.4. The zero-order valence-electron chi connectivity index (χ0n) is 8.23. The van der Waals surface area contributed by atoms with Crippen molar-refractivity contribution in [2.45, 2.75) is 25.3 Å². The van der Waals surface area contributed by atoms with E-state index in [2.05, 4.69) is 0 Å². The van der Waals surface area contributed by atoms with Crippen molar-refractivity contribution in [3.63, 3.8) is 0 Å². The number of carboxylic acids is 1. The lowest BCUT2D eigenvalue weighted by atomic mass is 10.3. The van der Waals surface area contributed by atoms with E-state index in [0.29, 0.717) is 6.61 Å². The number of amides is 1. The largest absolute Gasteiger partial charge is 0.480 e. The highest BCUT2D eigenvalue weighted by Crippen LogP contribution is 2.27. The highest BCUT2D eigenvalue weighted by molar-refractivity contribution is 5.82. The molecule has 5 heteroatoms. The summed E-state index contributed by atoms with van der Waals surface area (Å²) < 4.78 is 4.77. The average Bonchev–Trinajstić information content (AvgIpc) is 2.93. The van der Waals surface area contributed by atoms with Crippen LogP contribution in [0.15, 0.2) is 0 Å². The number of carboxylic acid groups (broad SMARTS) is 1. The Morgan fingerprint density at radius 3 is 2.57 bits per heavy atom. The first kappa shape index (κ1) is 11.0. The number of carbonyl (C=O) groups excluding carboxylic acids is 1. The zero-order valence-corrected chi connectivity index (χ0v) is 8.23. The van der Waals surface area contributed by atoms with E-state index in [1.165, 1.54) is 12.0 Å². The number of hydrogen-bond acceptors (Lipinski definition) is 3. The Morgan fingerprint density at radius 1 is 1.50 bits per heavy atom. The van der Waals surface area contributed by atoms with Crippen LogP contribution in [0.25, 0.3) is 0 Å². The van der Waals surface area contributed by atoms with Gasteiger partial charge in [-0.1, -0.05) is 0 Å². The van der Waals surface area contributed by atoms with Gasteiger partial charge in [0.05, 0.1) is 13.0 Å². The maximum absolute atomic E-state index is 11.5. The lowest BCUT2D eigenvalue weighted by Gasteiger charge is -2.19. The molecular weight excluding hydrogens is 186 g/mol. The molecule has 80 valence electrons. The van der Waals surface area contributed by atoms with Gasteiger partial charge in [0.15, 0.2) is 0 Å². The van der Waals surface area contributed by atoms with Crippen LogP contribution in [0.1, 0.15) is 19.3 Å². The number of methoxy groups -OCH3 is 1. The van der Waals surface area contributed by atoms with E-state index in [1.807, 2.05) is 0 Å². The minimum absolute atomic E-state index is 0.128. The molecule has 1 amide bonds. The van der Waals surface area contributed by atoms with Crippen LogP contribution in [0.5, 0.6) is 0 Å². The number of nitrogens with zero attached hydrogens (tertiary/aromatic N) is 1. The third-order valence-corrected chi connectivity index (χ3v) is 2.13. The summed E-state index contributed by atoms with van der Waals surface area (Å²) in [5, 5.41) is 8.61. The molecular formula is C9H15NO4. The third kappa shape index (κ3) is 3.33. The number of ether oxygens (including phenoxy) is 1. The van der Waals surface area contributed by atoms with Crippen LogP contribution in [-0.4, -0.2) is 48.2 Å². The summed E-state index contributed by atoms with van der Waals surface area (Å²) in [6, 6.07) is 0.149. The normalized spacial score (nSPS) is 15.2.